The number of hydrogen-bond donors (Lipinski definition) is 0. The third-order valence-electron chi connectivity index (χ3n) is 6.53. The molecule has 0 radical (unpaired) electrons. The highest BCUT2D eigenvalue weighted by Crippen LogP contribution is 2.42. The van der Waals surface area contributed by atoms with Crippen LogP contribution in [0.15, 0.2) is 60.3 Å². The average molecular weight is 393 g/mol. The topological polar surface area (TPSA) is 6.48 Å². The van der Waals surface area contributed by atoms with Crippen LogP contribution in [0.5, 0.6) is 0 Å². The molecule has 150 valence electrons. The molecule has 30 heavy (non-hydrogen) atoms. The Bertz CT molecular complexity index is 1080. The smallest absolute Gasteiger partial charge is 0.0714 e. The van der Waals surface area contributed by atoms with Gasteiger partial charge in [-0.3, -0.25) is 0 Å². The first-order valence-corrected chi connectivity index (χ1v) is 10.7. The van der Waals surface area contributed by atoms with Gasteiger partial charge < -0.3 is 9.80 Å². The molecule has 0 atom stereocenters. The van der Waals surface area contributed by atoms with Crippen molar-refractivity contribution in [3.05, 3.63) is 82.6 Å². The summed E-state index contributed by atoms with van der Waals surface area (Å²) in [6.07, 6.45) is 14.9. The minimum Gasteiger partial charge on any atom is -0.370 e. The molecule has 2 aromatic carbocycles. The third kappa shape index (κ3) is 3.40. The first-order chi connectivity index (χ1) is 14.6. The van der Waals surface area contributed by atoms with E-state index in [1.807, 2.05) is 13.1 Å². The van der Waals surface area contributed by atoms with Crippen LogP contribution in [0.1, 0.15) is 47.9 Å². The molecule has 0 saturated carbocycles. The lowest BCUT2D eigenvalue weighted by Crippen LogP contribution is -2.35. The summed E-state index contributed by atoms with van der Waals surface area (Å²) in [5, 5.41) is 0. The van der Waals surface area contributed by atoms with Gasteiger partial charge in [-0.15, -0.1) is 12.8 Å². The van der Waals surface area contributed by atoms with Crippen LogP contribution < -0.4 is 4.90 Å². The van der Waals surface area contributed by atoms with Gasteiger partial charge in [0, 0.05) is 31.3 Å². The quantitative estimate of drug-likeness (QED) is 0.644. The fourth-order valence-corrected chi connectivity index (χ4v) is 4.63. The van der Waals surface area contributed by atoms with E-state index >= 15 is 0 Å². The zero-order chi connectivity index (χ0) is 21.3. The number of aryl methyl sites for hydroxylation is 1. The van der Waals surface area contributed by atoms with E-state index in [4.69, 9.17) is 12.8 Å². The molecule has 0 N–H and O–H groups in total. The molecule has 2 heteroatoms. The highest BCUT2D eigenvalue weighted by atomic mass is 15.2. The number of allylic oxidation sites excluding steroid dienone is 1. The Kier molecular flexibility index (Phi) is 5.43. The fraction of sp³-hybridized carbons (Fsp3) is 0.286. The number of anilines is 1. The SMILES string of the molecule is C#CC1=C(N2CCC(c3ccc(CC)cc3)CC2)c2ccc(C#C)cc2N(C)C1=C. The molecule has 2 aromatic rings. The van der Waals surface area contributed by atoms with Crippen molar-refractivity contribution in [2.24, 2.45) is 0 Å². The van der Waals surface area contributed by atoms with E-state index < -0.39 is 0 Å². The lowest BCUT2D eigenvalue weighted by atomic mass is 9.87. The number of likely N-dealkylation sites (N-methyl/N-ethyl adjacent to an activating group) is 1. The number of hydrogen-bond acceptors (Lipinski definition) is 2. The number of fused-ring (bicyclic) bond motifs is 1. The van der Waals surface area contributed by atoms with Crippen LogP contribution in [-0.2, 0) is 6.42 Å². The van der Waals surface area contributed by atoms with Crippen LogP contribution in [-0.4, -0.2) is 25.0 Å². The van der Waals surface area contributed by atoms with Crippen molar-refractivity contribution in [3.63, 3.8) is 0 Å². The molecular weight excluding hydrogens is 364 g/mol. The van der Waals surface area contributed by atoms with Crippen molar-refractivity contribution in [1.29, 1.82) is 0 Å². The summed E-state index contributed by atoms with van der Waals surface area (Å²) in [6.45, 7) is 8.43. The van der Waals surface area contributed by atoms with Crippen LogP contribution >= 0.6 is 0 Å². The zero-order valence-corrected chi connectivity index (χ0v) is 17.9. The molecule has 0 unspecified atom stereocenters. The van der Waals surface area contributed by atoms with Crippen molar-refractivity contribution in [3.8, 4) is 24.7 Å². The van der Waals surface area contributed by atoms with Gasteiger partial charge in [-0.05, 0) is 54.5 Å². The van der Waals surface area contributed by atoms with Crippen LogP contribution in [0.25, 0.3) is 5.70 Å². The summed E-state index contributed by atoms with van der Waals surface area (Å²) in [4.78, 5) is 4.50. The second-order valence-electron chi connectivity index (χ2n) is 8.11. The third-order valence-corrected chi connectivity index (χ3v) is 6.53. The Balaban J connectivity index is 1.63. The molecule has 2 aliphatic rings. The highest BCUT2D eigenvalue weighted by molar-refractivity contribution is 5.89. The molecule has 2 nitrogen and oxygen atoms in total. The van der Waals surface area contributed by atoms with E-state index in [9.17, 15) is 0 Å². The van der Waals surface area contributed by atoms with Gasteiger partial charge in [0.15, 0.2) is 0 Å². The second kappa shape index (κ2) is 8.17. The van der Waals surface area contributed by atoms with Crippen molar-refractivity contribution < 1.29 is 0 Å². The Morgan fingerprint density at radius 2 is 1.73 bits per heavy atom. The van der Waals surface area contributed by atoms with Gasteiger partial charge in [-0.2, -0.15) is 0 Å². The van der Waals surface area contributed by atoms with Crippen molar-refractivity contribution >= 4 is 11.4 Å². The van der Waals surface area contributed by atoms with Gasteiger partial charge in [-0.25, -0.2) is 0 Å². The van der Waals surface area contributed by atoms with Gasteiger partial charge in [0.05, 0.1) is 22.7 Å². The maximum absolute atomic E-state index is 5.96. The van der Waals surface area contributed by atoms with Crippen LogP contribution in [0.3, 0.4) is 0 Å². The maximum Gasteiger partial charge on any atom is 0.0714 e. The molecule has 1 fully saturated rings. The Hall–Kier alpha value is -3.36. The standard InChI is InChI=1S/C28H28N2/c1-6-21-9-12-23(13-10-21)24-15-17-30(18-16-24)28-25(8-3)20(4)29(5)27-19-22(7-2)11-14-26(27)28/h2-3,9-14,19,24H,4,6,15-18H2,1,5H3. The summed E-state index contributed by atoms with van der Waals surface area (Å²) in [7, 11) is 2.00. The Labute approximate surface area is 180 Å². The monoisotopic (exact) mass is 392 g/mol. The van der Waals surface area contributed by atoms with Crippen molar-refractivity contribution in [1.82, 2.24) is 4.90 Å². The minimum absolute atomic E-state index is 0.597. The van der Waals surface area contributed by atoms with Crippen LogP contribution in [0.4, 0.5) is 5.69 Å². The van der Waals surface area contributed by atoms with E-state index in [1.165, 1.54) is 11.1 Å². The van der Waals surface area contributed by atoms with Crippen LogP contribution in [0.2, 0.25) is 0 Å². The summed E-state index contributed by atoms with van der Waals surface area (Å²) in [5.74, 6) is 6.25. The number of rotatable bonds is 3. The first kappa shape index (κ1) is 19.9. The van der Waals surface area contributed by atoms with Gasteiger partial charge in [0.2, 0.25) is 0 Å². The summed E-state index contributed by atoms with van der Waals surface area (Å²) < 4.78 is 0. The predicted molar refractivity (Wildman–Crippen MR) is 127 cm³/mol. The van der Waals surface area contributed by atoms with E-state index in [0.717, 1.165) is 66.1 Å². The van der Waals surface area contributed by atoms with Crippen molar-refractivity contribution in [2.45, 2.75) is 32.1 Å². The van der Waals surface area contributed by atoms with Gasteiger partial charge >= 0.3 is 0 Å². The molecule has 2 aliphatic heterocycles. The molecule has 1 saturated heterocycles. The zero-order valence-electron chi connectivity index (χ0n) is 17.9. The summed E-state index contributed by atoms with van der Waals surface area (Å²) >= 11 is 0. The normalized spacial score (nSPS) is 16.9. The maximum atomic E-state index is 5.96. The number of nitrogens with zero attached hydrogens (tertiary/aromatic N) is 2. The van der Waals surface area contributed by atoms with Crippen LogP contribution in [0, 0.1) is 24.7 Å². The average Bonchev–Trinajstić information content (AvgIpc) is 2.81. The Morgan fingerprint density at radius 3 is 2.33 bits per heavy atom. The Morgan fingerprint density at radius 1 is 1.03 bits per heavy atom. The van der Waals surface area contributed by atoms with E-state index in [2.05, 4.69) is 71.5 Å². The molecule has 0 bridgehead atoms. The predicted octanol–water partition coefficient (Wildman–Crippen LogP) is 5.42. The lowest BCUT2D eigenvalue weighted by Gasteiger charge is -2.40. The highest BCUT2D eigenvalue weighted by Gasteiger charge is 2.31. The summed E-state index contributed by atoms with van der Waals surface area (Å²) in [5.41, 5.74) is 8.78. The molecule has 4 rings (SSSR count). The fourth-order valence-electron chi connectivity index (χ4n) is 4.63. The molecular formula is C28H28N2. The number of piperidine rings is 1. The minimum atomic E-state index is 0.597. The molecule has 0 aliphatic carbocycles. The largest absolute Gasteiger partial charge is 0.370 e. The molecule has 0 aromatic heterocycles. The van der Waals surface area contributed by atoms with E-state index in [-0.39, 0.29) is 0 Å². The lowest BCUT2D eigenvalue weighted by molar-refractivity contribution is 0.298. The molecule has 0 spiro atoms. The van der Waals surface area contributed by atoms with Crippen molar-refractivity contribution in [2.75, 3.05) is 25.0 Å². The van der Waals surface area contributed by atoms with Gasteiger partial charge in [0.25, 0.3) is 0 Å². The molecule has 0 amide bonds. The van der Waals surface area contributed by atoms with Gasteiger partial charge in [0.1, 0.15) is 0 Å². The van der Waals surface area contributed by atoms with E-state index in [1.54, 1.807) is 0 Å². The number of terminal acetylenes is 2. The number of likely N-dealkylation sites (tertiary alicyclic amines) is 1. The molecule has 2 heterocycles. The number of benzene rings is 2. The van der Waals surface area contributed by atoms with E-state index in [0.29, 0.717) is 5.92 Å². The summed E-state index contributed by atoms with van der Waals surface area (Å²) in [6, 6.07) is 15.3. The second-order valence-corrected chi connectivity index (χ2v) is 8.11. The van der Waals surface area contributed by atoms with Gasteiger partial charge in [-0.1, -0.05) is 49.6 Å². The first-order valence-electron chi connectivity index (χ1n) is 10.7.